The third-order valence-corrected chi connectivity index (χ3v) is 4.64. The van der Waals surface area contributed by atoms with Crippen molar-refractivity contribution in [1.29, 1.82) is 0 Å². The molecule has 0 saturated heterocycles. The number of nitrogens with zero attached hydrogens (tertiary/aromatic N) is 1. The Hall–Kier alpha value is -3.35. The minimum absolute atomic E-state index is 0.124. The van der Waals surface area contributed by atoms with E-state index in [1.54, 1.807) is 31.2 Å². The van der Waals surface area contributed by atoms with Gasteiger partial charge in [-0.1, -0.05) is 48.5 Å². The maximum atomic E-state index is 13.6. The molecule has 2 aromatic carbocycles. The number of pyridine rings is 1. The van der Waals surface area contributed by atoms with Gasteiger partial charge in [-0.05, 0) is 24.6 Å². The summed E-state index contributed by atoms with van der Waals surface area (Å²) in [7, 11) is 0. The molecule has 4 aromatic rings. The monoisotopic (exact) mass is 383 g/mol. The lowest BCUT2D eigenvalue weighted by molar-refractivity contribution is -0.139. The number of rotatable bonds is 3. The number of alkyl halides is 3. The summed E-state index contributed by atoms with van der Waals surface area (Å²) in [6.07, 6.45) is -4.69. The summed E-state index contributed by atoms with van der Waals surface area (Å²) >= 11 is 0. The van der Waals surface area contributed by atoms with Crippen LogP contribution in [0.3, 0.4) is 0 Å². The largest absolute Gasteiger partial charge is 0.435 e. The molecule has 0 aliphatic heterocycles. The minimum atomic E-state index is -4.69. The molecular formula is C21H16F3N3O. The number of aromatic amines is 1. The van der Waals surface area contributed by atoms with Gasteiger partial charge in [-0.15, -0.1) is 0 Å². The lowest BCUT2D eigenvalue weighted by atomic mass is 10.1. The topological polar surface area (TPSA) is 57.8 Å². The molecule has 4 rings (SSSR count). The van der Waals surface area contributed by atoms with Gasteiger partial charge in [0.1, 0.15) is 5.69 Å². The van der Waals surface area contributed by atoms with Crippen molar-refractivity contribution in [3.63, 3.8) is 0 Å². The fourth-order valence-electron chi connectivity index (χ4n) is 3.26. The van der Waals surface area contributed by atoms with Crippen molar-refractivity contribution >= 4 is 27.7 Å². The second-order valence-electron chi connectivity index (χ2n) is 6.55. The third kappa shape index (κ3) is 3.19. The number of nitrogens with one attached hydrogen (secondary N) is 2. The van der Waals surface area contributed by atoms with Gasteiger partial charge in [0.25, 0.3) is 5.91 Å². The van der Waals surface area contributed by atoms with Crippen molar-refractivity contribution in [1.82, 2.24) is 15.3 Å². The third-order valence-electron chi connectivity index (χ3n) is 4.64. The van der Waals surface area contributed by atoms with E-state index >= 15 is 0 Å². The Balaban J connectivity index is 1.80. The summed E-state index contributed by atoms with van der Waals surface area (Å²) in [5, 5.41) is 3.64. The number of fused-ring (bicyclic) bond motifs is 3. The van der Waals surface area contributed by atoms with Gasteiger partial charge in [0, 0.05) is 16.3 Å². The number of carbonyl (C=O) groups excluding carboxylic acids is 1. The smallest absolute Gasteiger partial charge is 0.353 e. The van der Waals surface area contributed by atoms with Crippen molar-refractivity contribution in [3.8, 4) is 0 Å². The molecule has 0 aliphatic carbocycles. The fourth-order valence-corrected chi connectivity index (χ4v) is 3.26. The van der Waals surface area contributed by atoms with Crippen LogP contribution in [0, 0.1) is 0 Å². The molecule has 0 spiro atoms. The van der Waals surface area contributed by atoms with Crippen LogP contribution in [0.1, 0.15) is 34.7 Å². The number of amides is 1. The van der Waals surface area contributed by atoms with Crippen molar-refractivity contribution in [3.05, 3.63) is 77.6 Å². The first kappa shape index (κ1) is 18.0. The van der Waals surface area contributed by atoms with Crippen molar-refractivity contribution < 1.29 is 18.0 Å². The number of carbonyl (C=O) groups is 1. The molecule has 2 aromatic heterocycles. The first-order valence-electron chi connectivity index (χ1n) is 8.69. The van der Waals surface area contributed by atoms with E-state index in [-0.39, 0.29) is 17.3 Å². The SMILES string of the molecule is C[C@H](NC(=O)c1cc2c([nH]c3ccccc32)c(C(F)(F)F)n1)c1ccccc1. The van der Waals surface area contributed by atoms with Gasteiger partial charge in [0.2, 0.25) is 0 Å². The highest BCUT2D eigenvalue weighted by Crippen LogP contribution is 2.36. The van der Waals surface area contributed by atoms with E-state index in [1.165, 1.54) is 6.07 Å². The zero-order valence-electron chi connectivity index (χ0n) is 14.8. The van der Waals surface area contributed by atoms with Crippen LogP contribution in [0.5, 0.6) is 0 Å². The average molecular weight is 383 g/mol. The number of H-pyrrole nitrogens is 1. The normalized spacial score (nSPS) is 13.0. The van der Waals surface area contributed by atoms with E-state index in [0.29, 0.717) is 16.3 Å². The number of hydrogen-bond acceptors (Lipinski definition) is 2. The molecule has 0 radical (unpaired) electrons. The number of aromatic nitrogens is 2. The van der Waals surface area contributed by atoms with E-state index in [1.807, 2.05) is 30.3 Å². The second-order valence-corrected chi connectivity index (χ2v) is 6.55. The maximum absolute atomic E-state index is 13.6. The highest BCUT2D eigenvalue weighted by Gasteiger charge is 2.37. The quantitative estimate of drug-likeness (QED) is 0.509. The Labute approximate surface area is 158 Å². The van der Waals surface area contributed by atoms with Crippen LogP contribution >= 0.6 is 0 Å². The van der Waals surface area contributed by atoms with Gasteiger partial charge in [0.15, 0.2) is 5.69 Å². The Kier molecular flexibility index (Phi) is 4.30. The minimum Gasteiger partial charge on any atom is -0.353 e. The Morgan fingerprint density at radius 2 is 1.71 bits per heavy atom. The van der Waals surface area contributed by atoms with Gasteiger partial charge < -0.3 is 10.3 Å². The van der Waals surface area contributed by atoms with Crippen LogP contribution in [0.4, 0.5) is 13.2 Å². The molecule has 0 bridgehead atoms. The molecule has 0 fully saturated rings. The highest BCUT2D eigenvalue weighted by molar-refractivity contribution is 6.10. The standard InChI is InChI=1S/C21H16F3N3O/c1-12(13-7-3-2-4-8-13)25-20(28)17-11-15-14-9-5-6-10-16(14)26-18(15)19(27-17)21(22,23)24/h2-12,26H,1H3,(H,25,28)/t12-/m0/s1. The Morgan fingerprint density at radius 3 is 2.43 bits per heavy atom. The number of benzene rings is 2. The predicted molar refractivity (Wildman–Crippen MR) is 101 cm³/mol. The molecule has 28 heavy (non-hydrogen) atoms. The van der Waals surface area contributed by atoms with Crippen LogP contribution in [0.25, 0.3) is 21.8 Å². The molecule has 1 atom stereocenters. The van der Waals surface area contributed by atoms with Crippen molar-refractivity contribution in [2.24, 2.45) is 0 Å². The van der Waals surface area contributed by atoms with Crippen LogP contribution in [-0.4, -0.2) is 15.9 Å². The highest BCUT2D eigenvalue weighted by atomic mass is 19.4. The zero-order chi connectivity index (χ0) is 19.9. The van der Waals surface area contributed by atoms with Crippen LogP contribution < -0.4 is 5.32 Å². The zero-order valence-corrected chi connectivity index (χ0v) is 14.8. The number of halogens is 3. The van der Waals surface area contributed by atoms with Crippen LogP contribution in [0.2, 0.25) is 0 Å². The fraction of sp³-hybridized carbons (Fsp3) is 0.143. The average Bonchev–Trinajstić information content (AvgIpc) is 3.05. The Bertz CT molecular complexity index is 1170. The van der Waals surface area contributed by atoms with E-state index in [9.17, 15) is 18.0 Å². The summed E-state index contributed by atoms with van der Waals surface area (Å²) in [4.78, 5) is 19.1. The summed E-state index contributed by atoms with van der Waals surface area (Å²) in [6, 6.07) is 17.1. The predicted octanol–water partition coefficient (Wildman–Crippen LogP) is 5.23. The molecule has 0 unspecified atom stereocenters. The molecule has 142 valence electrons. The van der Waals surface area contributed by atoms with E-state index in [0.717, 1.165) is 5.56 Å². The summed E-state index contributed by atoms with van der Waals surface area (Å²) in [5.74, 6) is -0.658. The van der Waals surface area contributed by atoms with Crippen LogP contribution in [0.15, 0.2) is 60.7 Å². The molecule has 7 heteroatoms. The summed E-state index contributed by atoms with van der Waals surface area (Å²) in [6.45, 7) is 1.77. The van der Waals surface area contributed by atoms with Gasteiger partial charge in [-0.3, -0.25) is 4.79 Å². The molecule has 2 heterocycles. The van der Waals surface area contributed by atoms with E-state index in [2.05, 4.69) is 15.3 Å². The van der Waals surface area contributed by atoms with Gasteiger partial charge >= 0.3 is 6.18 Å². The molecule has 0 aliphatic rings. The first-order chi connectivity index (χ1) is 13.3. The molecule has 2 N–H and O–H groups in total. The first-order valence-corrected chi connectivity index (χ1v) is 8.69. The van der Waals surface area contributed by atoms with E-state index < -0.39 is 17.8 Å². The van der Waals surface area contributed by atoms with Crippen LogP contribution in [-0.2, 0) is 6.18 Å². The van der Waals surface area contributed by atoms with Gasteiger partial charge in [0.05, 0.1) is 11.6 Å². The second kappa shape index (κ2) is 6.67. The molecular weight excluding hydrogens is 367 g/mol. The molecule has 4 nitrogen and oxygen atoms in total. The Morgan fingerprint density at radius 1 is 1.04 bits per heavy atom. The van der Waals surface area contributed by atoms with Gasteiger partial charge in [-0.2, -0.15) is 13.2 Å². The molecule has 1 amide bonds. The summed E-state index contributed by atoms with van der Waals surface area (Å²) in [5.41, 5.74) is -0.0903. The summed E-state index contributed by atoms with van der Waals surface area (Å²) < 4.78 is 40.8. The van der Waals surface area contributed by atoms with Crippen molar-refractivity contribution in [2.75, 3.05) is 0 Å². The van der Waals surface area contributed by atoms with Crippen molar-refractivity contribution in [2.45, 2.75) is 19.1 Å². The van der Waals surface area contributed by atoms with Gasteiger partial charge in [-0.25, -0.2) is 4.98 Å². The number of hydrogen-bond donors (Lipinski definition) is 2. The molecule has 0 saturated carbocycles. The lowest BCUT2D eigenvalue weighted by Gasteiger charge is -2.15. The number of para-hydroxylation sites is 1. The van der Waals surface area contributed by atoms with E-state index in [4.69, 9.17) is 0 Å². The maximum Gasteiger partial charge on any atom is 0.435 e. The lowest BCUT2D eigenvalue weighted by Crippen LogP contribution is -2.28.